The molecule has 0 N–H and O–H groups in total. The minimum atomic E-state index is -0.717. The van der Waals surface area contributed by atoms with Gasteiger partial charge < -0.3 is 9.68 Å². The summed E-state index contributed by atoms with van der Waals surface area (Å²) in [6.07, 6.45) is -0.376. The highest BCUT2D eigenvalue weighted by Gasteiger charge is 2.08. The van der Waals surface area contributed by atoms with E-state index in [0.717, 1.165) is 0 Å². The maximum Gasteiger partial charge on any atom is 0.336 e. The zero-order valence-electron chi connectivity index (χ0n) is 6.76. The van der Waals surface area contributed by atoms with Crippen LogP contribution in [0.5, 0.6) is 0 Å². The van der Waals surface area contributed by atoms with Gasteiger partial charge in [-0.05, 0) is 34.7 Å². The summed E-state index contributed by atoms with van der Waals surface area (Å²) < 4.78 is 0. The standard InChI is InChI=1S/C6H4N2O4S2/c9-5(11-7-3-13)1-2-6(10)12-8-4-14/h1-2H2. The molecular formula is C6H4N2O4S2. The molecule has 0 atom stereocenters. The molecule has 0 saturated heterocycles. The molecule has 0 heterocycles. The molecule has 0 fully saturated rings. The lowest BCUT2D eigenvalue weighted by atomic mass is 10.3. The SMILES string of the molecule is O=C(CCC(=O)ON=C=S)ON=C=S. The molecule has 0 aromatic heterocycles. The van der Waals surface area contributed by atoms with Crippen LogP contribution in [-0.2, 0) is 19.3 Å². The van der Waals surface area contributed by atoms with E-state index in [9.17, 15) is 9.59 Å². The first-order chi connectivity index (χ1) is 6.70. The Labute approximate surface area is 89.5 Å². The molecule has 0 aromatic rings. The average Bonchev–Trinajstić information content (AvgIpc) is 2.20. The molecule has 0 spiro atoms. The van der Waals surface area contributed by atoms with E-state index in [1.807, 2.05) is 10.3 Å². The number of nitrogens with zero attached hydrogens (tertiary/aromatic N) is 2. The third kappa shape index (κ3) is 7.20. The molecule has 0 rings (SSSR count). The first-order valence-corrected chi connectivity index (χ1v) is 4.06. The molecule has 74 valence electrons. The lowest BCUT2D eigenvalue weighted by Crippen LogP contribution is -2.05. The van der Waals surface area contributed by atoms with Gasteiger partial charge in [-0.25, -0.2) is 9.59 Å². The summed E-state index contributed by atoms with van der Waals surface area (Å²) in [5.41, 5.74) is 0. The van der Waals surface area contributed by atoms with Crippen LogP contribution in [0.4, 0.5) is 0 Å². The van der Waals surface area contributed by atoms with Crippen molar-refractivity contribution < 1.29 is 19.3 Å². The maximum atomic E-state index is 10.7. The summed E-state index contributed by atoms with van der Waals surface area (Å²) in [6.45, 7) is 0. The highest BCUT2D eigenvalue weighted by Crippen LogP contribution is 1.95. The fourth-order valence-corrected chi connectivity index (χ4v) is 0.509. The van der Waals surface area contributed by atoms with Gasteiger partial charge in [0.1, 0.15) is 10.3 Å². The Kier molecular flexibility index (Phi) is 7.30. The van der Waals surface area contributed by atoms with E-state index in [2.05, 4.69) is 44.4 Å². The van der Waals surface area contributed by atoms with Crippen LogP contribution in [0, 0.1) is 0 Å². The summed E-state index contributed by atoms with van der Waals surface area (Å²) in [6, 6.07) is 0. The van der Waals surface area contributed by atoms with Crippen molar-refractivity contribution in [2.75, 3.05) is 0 Å². The Morgan fingerprint density at radius 1 is 1.00 bits per heavy atom. The molecule has 8 heteroatoms. The Bertz CT molecular complexity index is 286. The summed E-state index contributed by atoms with van der Waals surface area (Å²) in [7, 11) is 0. The number of hydrogen-bond acceptors (Lipinski definition) is 8. The summed E-state index contributed by atoms with van der Waals surface area (Å²) in [5.74, 6) is -1.43. The normalized spacial score (nSPS) is 7.71. The lowest BCUT2D eigenvalue weighted by Gasteiger charge is -1.94. The van der Waals surface area contributed by atoms with Gasteiger partial charge in [-0.15, -0.1) is 0 Å². The van der Waals surface area contributed by atoms with E-state index in [0.29, 0.717) is 0 Å². The Morgan fingerprint density at radius 3 is 1.64 bits per heavy atom. The van der Waals surface area contributed by atoms with Crippen molar-refractivity contribution in [2.45, 2.75) is 12.8 Å². The van der Waals surface area contributed by atoms with Crippen LogP contribution >= 0.6 is 24.4 Å². The van der Waals surface area contributed by atoms with E-state index in [-0.39, 0.29) is 12.8 Å². The second-order valence-electron chi connectivity index (χ2n) is 1.79. The molecule has 14 heavy (non-hydrogen) atoms. The van der Waals surface area contributed by atoms with Crippen LogP contribution in [0.15, 0.2) is 10.3 Å². The van der Waals surface area contributed by atoms with Crippen molar-refractivity contribution in [3.8, 4) is 0 Å². The highest BCUT2D eigenvalue weighted by molar-refractivity contribution is 7.78. The zero-order chi connectivity index (χ0) is 10.8. The van der Waals surface area contributed by atoms with Gasteiger partial charge in [0.2, 0.25) is 0 Å². The van der Waals surface area contributed by atoms with E-state index in [1.54, 1.807) is 0 Å². The van der Waals surface area contributed by atoms with Crippen molar-refractivity contribution in [1.82, 2.24) is 0 Å². The lowest BCUT2D eigenvalue weighted by molar-refractivity contribution is -0.150. The van der Waals surface area contributed by atoms with Crippen LogP contribution in [0.25, 0.3) is 0 Å². The van der Waals surface area contributed by atoms with Crippen LogP contribution < -0.4 is 0 Å². The van der Waals surface area contributed by atoms with Gasteiger partial charge in [-0.1, -0.05) is 0 Å². The summed E-state index contributed by atoms with van der Waals surface area (Å²) in [5, 5.41) is 9.50. The summed E-state index contributed by atoms with van der Waals surface area (Å²) in [4.78, 5) is 29.7. The molecule has 6 nitrogen and oxygen atoms in total. The van der Waals surface area contributed by atoms with Crippen LogP contribution in [0.3, 0.4) is 0 Å². The quantitative estimate of drug-likeness (QED) is 0.303. The topological polar surface area (TPSA) is 77.3 Å². The minimum absolute atomic E-state index is 0.188. The second-order valence-corrected chi connectivity index (χ2v) is 2.16. The Hall–Kier alpha value is -1.46. The van der Waals surface area contributed by atoms with E-state index >= 15 is 0 Å². The molecule has 0 bridgehead atoms. The summed E-state index contributed by atoms with van der Waals surface area (Å²) >= 11 is 8.29. The molecule has 0 aliphatic carbocycles. The van der Waals surface area contributed by atoms with E-state index in [4.69, 9.17) is 0 Å². The van der Waals surface area contributed by atoms with Gasteiger partial charge in [-0.3, -0.25) is 0 Å². The minimum Gasteiger partial charge on any atom is -0.309 e. The maximum absolute atomic E-state index is 10.7. The number of isothiocyanates is 2. The largest absolute Gasteiger partial charge is 0.336 e. The number of thiocarbonyl (C=S) groups is 2. The highest BCUT2D eigenvalue weighted by atomic mass is 32.1. The third-order valence-corrected chi connectivity index (χ3v) is 1.05. The molecule has 0 aromatic carbocycles. The van der Waals surface area contributed by atoms with Gasteiger partial charge in [0.15, 0.2) is 0 Å². The van der Waals surface area contributed by atoms with E-state index in [1.165, 1.54) is 0 Å². The van der Waals surface area contributed by atoms with Crippen molar-refractivity contribution in [1.29, 1.82) is 0 Å². The average molecular weight is 232 g/mol. The molecule has 0 amide bonds. The number of hydrogen-bond donors (Lipinski definition) is 0. The Balaban J connectivity index is 3.71. The molecule has 0 unspecified atom stereocenters. The van der Waals surface area contributed by atoms with Crippen LogP contribution in [0.1, 0.15) is 12.8 Å². The fraction of sp³-hybridized carbons (Fsp3) is 0.333. The van der Waals surface area contributed by atoms with Crippen molar-refractivity contribution in [3.05, 3.63) is 0 Å². The molecule has 0 saturated carbocycles. The molecule has 0 aliphatic heterocycles. The molecular weight excluding hydrogens is 228 g/mol. The first kappa shape index (κ1) is 12.5. The van der Waals surface area contributed by atoms with Crippen molar-refractivity contribution in [2.24, 2.45) is 10.3 Å². The second kappa shape index (κ2) is 8.15. The van der Waals surface area contributed by atoms with Crippen LogP contribution in [0.2, 0.25) is 0 Å². The third-order valence-electron chi connectivity index (χ3n) is 0.903. The molecule has 0 aliphatic rings. The van der Waals surface area contributed by atoms with Crippen molar-refractivity contribution >= 4 is 46.7 Å². The van der Waals surface area contributed by atoms with E-state index < -0.39 is 11.9 Å². The van der Waals surface area contributed by atoms with Crippen molar-refractivity contribution in [3.63, 3.8) is 0 Å². The van der Waals surface area contributed by atoms with Gasteiger partial charge in [-0.2, -0.15) is 0 Å². The Morgan fingerprint density at radius 2 is 1.36 bits per heavy atom. The monoisotopic (exact) mass is 232 g/mol. The zero-order valence-corrected chi connectivity index (χ0v) is 8.39. The number of rotatable bonds is 5. The number of carbonyl (C=O) groups is 2. The predicted octanol–water partition coefficient (Wildman–Crippen LogP) is 0.889. The van der Waals surface area contributed by atoms with Gasteiger partial charge in [0, 0.05) is 0 Å². The van der Waals surface area contributed by atoms with Gasteiger partial charge in [0.25, 0.3) is 0 Å². The molecule has 0 radical (unpaired) electrons. The fourth-order valence-electron chi connectivity index (χ4n) is 0.434. The smallest absolute Gasteiger partial charge is 0.309 e. The van der Waals surface area contributed by atoms with Gasteiger partial charge >= 0.3 is 11.9 Å². The van der Waals surface area contributed by atoms with Gasteiger partial charge in [0.05, 0.1) is 12.8 Å². The number of carbonyl (C=O) groups excluding carboxylic acids is 2. The first-order valence-electron chi connectivity index (χ1n) is 3.24. The van der Waals surface area contributed by atoms with Crippen LogP contribution in [-0.4, -0.2) is 22.3 Å². The predicted molar refractivity (Wildman–Crippen MR) is 51.5 cm³/mol.